The van der Waals surface area contributed by atoms with Crippen molar-refractivity contribution < 1.29 is 23.5 Å². The van der Waals surface area contributed by atoms with Crippen molar-refractivity contribution in [1.29, 1.82) is 0 Å². The van der Waals surface area contributed by atoms with Gasteiger partial charge >= 0.3 is 5.97 Å². The Bertz CT molecular complexity index is 1210. The van der Waals surface area contributed by atoms with Gasteiger partial charge in [-0.15, -0.1) is 0 Å². The number of imidazole rings is 1. The van der Waals surface area contributed by atoms with E-state index in [0.29, 0.717) is 29.3 Å². The van der Waals surface area contributed by atoms with Crippen molar-refractivity contribution in [1.82, 2.24) is 19.7 Å². The number of carbonyl (C=O) groups excluding carboxylic acids is 1. The van der Waals surface area contributed by atoms with Crippen LogP contribution in [0.4, 0.5) is 0 Å². The molecule has 160 valence electrons. The Morgan fingerprint density at radius 1 is 1.06 bits per heavy atom. The Hall–Kier alpha value is -3.88. The van der Waals surface area contributed by atoms with E-state index >= 15 is 0 Å². The molecule has 0 amide bonds. The number of aryl methyl sites for hydroxylation is 1. The minimum Gasteiger partial charge on any atom is -0.493 e. The fraction of sp³-hybridized carbons (Fsp3) is 0.273. The predicted molar refractivity (Wildman–Crippen MR) is 112 cm³/mol. The van der Waals surface area contributed by atoms with E-state index in [0.717, 1.165) is 16.9 Å². The molecule has 0 saturated heterocycles. The van der Waals surface area contributed by atoms with Crippen molar-refractivity contribution in [2.45, 2.75) is 26.5 Å². The molecule has 4 aromatic rings. The highest BCUT2D eigenvalue weighted by Crippen LogP contribution is 2.31. The number of rotatable bonds is 8. The molecule has 2 heterocycles. The van der Waals surface area contributed by atoms with E-state index in [1.807, 2.05) is 35.8 Å². The van der Waals surface area contributed by atoms with Gasteiger partial charge in [-0.1, -0.05) is 24.2 Å². The molecule has 31 heavy (non-hydrogen) atoms. The van der Waals surface area contributed by atoms with Crippen molar-refractivity contribution in [2.24, 2.45) is 0 Å². The molecule has 0 N–H and O–H groups in total. The lowest BCUT2D eigenvalue weighted by molar-refractivity contribution is -0.146. The first-order valence-electron chi connectivity index (χ1n) is 9.77. The summed E-state index contributed by atoms with van der Waals surface area (Å²) >= 11 is 0. The van der Waals surface area contributed by atoms with Gasteiger partial charge in [-0.3, -0.25) is 4.79 Å². The molecule has 0 radical (unpaired) electrons. The zero-order valence-electron chi connectivity index (χ0n) is 17.5. The van der Waals surface area contributed by atoms with Crippen LogP contribution in [0.25, 0.3) is 22.4 Å². The van der Waals surface area contributed by atoms with E-state index in [2.05, 4.69) is 15.1 Å². The number of carbonyl (C=O) groups is 1. The molecule has 9 nitrogen and oxygen atoms in total. The van der Waals surface area contributed by atoms with Gasteiger partial charge in [0.25, 0.3) is 5.89 Å². The van der Waals surface area contributed by atoms with E-state index in [1.165, 1.54) is 0 Å². The van der Waals surface area contributed by atoms with Crippen molar-refractivity contribution in [2.75, 3.05) is 14.2 Å². The lowest BCUT2D eigenvalue weighted by atomic mass is 10.2. The van der Waals surface area contributed by atoms with Gasteiger partial charge in [0.2, 0.25) is 5.82 Å². The topological polar surface area (TPSA) is 102 Å². The highest BCUT2D eigenvalue weighted by atomic mass is 16.6. The van der Waals surface area contributed by atoms with Crippen molar-refractivity contribution in [3.05, 3.63) is 54.2 Å². The number of benzene rings is 2. The quantitative estimate of drug-likeness (QED) is 0.398. The first-order valence-corrected chi connectivity index (χ1v) is 9.77. The minimum atomic E-state index is -0.413. The predicted octanol–water partition coefficient (Wildman–Crippen LogP) is 3.41. The number of hydrogen-bond donors (Lipinski definition) is 0. The number of para-hydroxylation sites is 2. The van der Waals surface area contributed by atoms with Crippen LogP contribution in [0.5, 0.6) is 11.5 Å². The number of nitrogens with zero attached hydrogens (tertiary/aromatic N) is 4. The van der Waals surface area contributed by atoms with Crippen LogP contribution in [-0.2, 0) is 29.1 Å². The van der Waals surface area contributed by atoms with E-state index in [1.54, 1.807) is 32.4 Å². The second-order valence-electron chi connectivity index (χ2n) is 6.70. The number of fused-ring (bicyclic) bond motifs is 1. The van der Waals surface area contributed by atoms with Crippen molar-refractivity contribution in [3.63, 3.8) is 0 Å². The average molecular weight is 422 g/mol. The van der Waals surface area contributed by atoms with Crippen LogP contribution in [0.3, 0.4) is 0 Å². The lowest BCUT2D eigenvalue weighted by Gasteiger charge is -2.07. The largest absolute Gasteiger partial charge is 0.493 e. The van der Waals surface area contributed by atoms with Gasteiger partial charge in [-0.05, 0) is 30.3 Å². The first kappa shape index (κ1) is 20.4. The number of ether oxygens (including phenoxy) is 3. The number of methoxy groups -OCH3 is 2. The molecule has 0 atom stereocenters. The van der Waals surface area contributed by atoms with Gasteiger partial charge < -0.3 is 23.3 Å². The van der Waals surface area contributed by atoms with Gasteiger partial charge in [0, 0.05) is 12.0 Å². The fourth-order valence-corrected chi connectivity index (χ4v) is 3.29. The first-order chi connectivity index (χ1) is 15.1. The Balaban J connectivity index is 1.43. The average Bonchev–Trinajstić information content (AvgIpc) is 3.42. The maximum atomic E-state index is 12.4. The second-order valence-corrected chi connectivity index (χ2v) is 6.70. The maximum absolute atomic E-state index is 12.4. The van der Waals surface area contributed by atoms with E-state index < -0.39 is 5.97 Å². The Kier molecular flexibility index (Phi) is 5.83. The lowest BCUT2D eigenvalue weighted by Crippen LogP contribution is -2.15. The molecule has 0 aliphatic carbocycles. The summed E-state index contributed by atoms with van der Waals surface area (Å²) in [6.07, 6.45) is 0.709. The number of esters is 1. The van der Waals surface area contributed by atoms with Gasteiger partial charge in [0.15, 0.2) is 18.1 Å². The molecule has 0 fully saturated rings. The summed E-state index contributed by atoms with van der Waals surface area (Å²) in [6.45, 7) is 1.94. The molecule has 0 spiro atoms. The summed E-state index contributed by atoms with van der Waals surface area (Å²) in [5.74, 6) is 2.13. The van der Waals surface area contributed by atoms with Crippen LogP contribution in [0, 0.1) is 0 Å². The summed E-state index contributed by atoms with van der Waals surface area (Å²) in [6, 6.07) is 13.0. The van der Waals surface area contributed by atoms with Crippen LogP contribution in [0.15, 0.2) is 47.0 Å². The molecular formula is C22H22N4O5. The zero-order chi connectivity index (χ0) is 21.8. The minimum absolute atomic E-state index is 0.0559. The molecule has 0 aliphatic rings. The number of hydrogen-bond acceptors (Lipinski definition) is 8. The molecular weight excluding hydrogens is 400 g/mol. The number of aromatic nitrogens is 4. The van der Waals surface area contributed by atoms with Gasteiger partial charge in [0.05, 0.1) is 25.3 Å². The van der Waals surface area contributed by atoms with Crippen LogP contribution in [0.2, 0.25) is 0 Å². The summed E-state index contributed by atoms with van der Waals surface area (Å²) in [4.78, 5) is 21.3. The Labute approximate surface area is 178 Å². The van der Waals surface area contributed by atoms with E-state index in [9.17, 15) is 4.79 Å². The molecule has 0 unspecified atom stereocenters. The molecule has 0 bridgehead atoms. The van der Waals surface area contributed by atoms with Crippen molar-refractivity contribution >= 4 is 17.0 Å². The zero-order valence-corrected chi connectivity index (χ0v) is 17.5. The SMILES string of the molecule is CCc1nc2ccccc2n1CC(=O)OCc1nc(-c2ccc(OC)c(OC)c2)no1. The van der Waals surface area contributed by atoms with Crippen LogP contribution in [0.1, 0.15) is 18.6 Å². The molecule has 2 aromatic carbocycles. The van der Waals surface area contributed by atoms with Crippen LogP contribution < -0.4 is 9.47 Å². The highest BCUT2D eigenvalue weighted by molar-refractivity contribution is 5.79. The summed E-state index contributed by atoms with van der Waals surface area (Å²) in [5, 5.41) is 3.95. The fourth-order valence-electron chi connectivity index (χ4n) is 3.29. The maximum Gasteiger partial charge on any atom is 0.326 e. The van der Waals surface area contributed by atoms with Crippen molar-refractivity contribution in [3.8, 4) is 22.9 Å². The van der Waals surface area contributed by atoms with Crippen LogP contribution >= 0.6 is 0 Å². The summed E-state index contributed by atoms with van der Waals surface area (Å²) < 4.78 is 23.0. The third kappa shape index (κ3) is 4.20. The molecule has 0 saturated carbocycles. The third-order valence-corrected chi connectivity index (χ3v) is 4.80. The van der Waals surface area contributed by atoms with Gasteiger partial charge in [0.1, 0.15) is 12.4 Å². The highest BCUT2D eigenvalue weighted by Gasteiger charge is 2.16. The van der Waals surface area contributed by atoms with Gasteiger partial charge in [-0.2, -0.15) is 4.98 Å². The monoisotopic (exact) mass is 422 g/mol. The van der Waals surface area contributed by atoms with Crippen LogP contribution in [-0.4, -0.2) is 39.9 Å². The standard InChI is InChI=1S/C22H22N4O5/c1-4-19-23-15-7-5-6-8-16(15)26(19)12-21(27)30-13-20-24-22(25-31-20)14-9-10-17(28-2)18(11-14)29-3/h5-11H,4,12-13H2,1-3H3. The third-order valence-electron chi connectivity index (χ3n) is 4.80. The smallest absolute Gasteiger partial charge is 0.326 e. The van der Waals surface area contributed by atoms with E-state index in [-0.39, 0.29) is 19.0 Å². The summed E-state index contributed by atoms with van der Waals surface area (Å²) in [7, 11) is 3.12. The second kappa shape index (κ2) is 8.86. The normalized spacial score (nSPS) is 10.9. The molecule has 9 heteroatoms. The summed E-state index contributed by atoms with van der Waals surface area (Å²) in [5.41, 5.74) is 2.44. The van der Waals surface area contributed by atoms with E-state index in [4.69, 9.17) is 18.7 Å². The Morgan fingerprint density at radius 3 is 2.65 bits per heavy atom. The Morgan fingerprint density at radius 2 is 1.87 bits per heavy atom. The molecule has 2 aromatic heterocycles. The molecule has 0 aliphatic heterocycles. The van der Waals surface area contributed by atoms with Gasteiger partial charge in [-0.25, -0.2) is 4.98 Å². The molecule has 4 rings (SSSR count).